The summed E-state index contributed by atoms with van der Waals surface area (Å²) in [6, 6.07) is 0. The molecule has 0 spiro atoms. The Morgan fingerprint density at radius 1 is 1.06 bits per heavy atom. The molecular weight excluding hydrogens is 236 g/mol. The molecule has 1 aromatic heterocycles. The zero-order chi connectivity index (χ0) is 14.3. The molecule has 0 unspecified atom stereocenters. The van der Waals surface area contributed by atoms with Gasteiger partial charge in [0.15, 0.2) is 0 Å². The van der Waals surface area contributed by atoms with Gasteiger partial charge in [0.25, 0.3) is 11.4 Å². The van der Waals surface area contributed by atoms with Gasteiger partial charge in [-0.1, -0.05) is 41.5 Å². The largest absolute Gasteiger partial charge is 0.359 e. The number of ketones is 2. The number of carbonyl (C=O) groups excluding carboxylic acids is 2. The maximum atomic E-state index is 12.1. The molecule has 0 aromatic carbocycles. The number of hydrogen-bond acceptors (Lipinski definition) is 5. The van der Waals surface area contributed by atoms with Crippen LogP contribution in [0.5, 0.6) is 0 Å². The highest BCUT2D eigenvalue weighted by molar-refractivity contribution is 6.08. The van der Waals surface area contributed by atoms with Crippen LogP contribution in [0.15, 0.2) is 4.63 Å². The van der Waals surface area contributed by atoms with E-state index in [9.17, 15) is 14.8 Å². The summed E-state index contributed by atoms with van der Waals surface area (Å²) in [5.41, 5.74) is -2.04. The van der Waals surface area contributed by atoms with E-state index < -0.39 is 22.4 Å². The molecule has 0 saturated carbocycles. The minimum absolute atomic E-state index is 0.00650. The van der Waals surface area contributed by atoms with Gasteiger partial charge in [-0.3, -0.25) is 14.2 Å². The number of nitrogens with zero attached hydrogens (tertiary/aromatic N) is 2. The van der Waals surface area contributed by atoms with E-state index in [0.29, 0.717) is 0 Å². The molecule has 1 rings (SSSR count). The van der Waals surface area contributed by atoms with Gasteiger partial charge in [-0.15, -0.1) is 0 Å². The van der Waals surface area contributed by atoms with Gasteiger partial charge in [0, 0.05) is 10.8 Å². The lowest BCUT2D eigenvalue weighted by Crippen LogP contribution is -2.38. The van der Waals surface area contributed by atoms with Crippen molar-refractivity contribution < 1.29 is 19.1 Å². The third-order valence-corrected chi connectivity index (χ3v) is 2.41. The summed E-state index contributed by atoms with van der Waals surface area (Å²) in [7, 11) is 0. The molecule has 1 aromatic rings. The van der Waals surface area contributed by atoms with E-state index in [4.69, 9.17) is 0 Å². The smallest absolute Gasteiger partial charge is 0.295 e. The van der Waals surface area contributed by atoms with Crippen molar-refractivity contribution in [2.45, 2.75) is 41.5 Å². The Balaban J connectivity index is 3.35. The second kappa shape index (κ2) is 4.19. The second-order valence-electron chi connectivity index (χ2n) is 6.29. The lowest BCUT2D eigenvalue weighted by molar-refractivity contribution is -0.803. The first kappa shape index (κ1) is 14.3. The molecule has 0 radical (unpaired) electrons. The fourth-order valence-corrected chi connectivity index (χ4v) is 1.30. The molecule has 0 saturated heterocycles. The maximum Gasteiger partial charge on any atom is 0.295 e. The number of rotatable bonds is 2. The molecular formula is C12H18N2O4. The van der Waals surface area contributed by atoms with E-state index in [0.717, 1.165) is 0 Å². The highest BCUT2D eigenvalue weighted by Crippen LogP contribution is 2.25. The van der Waals surface area contributed by atoms with Crippen LogP contribution >= 0.6 is 0 Å². The minimum atomic E-state index is -0.787. The molecule has 100 valence electrons. The van der Waals surface area contributed by atoms with Crippen molar-refractivity contribution in [3.63, 3.8) is 0 Å². The fraction of sp³-hybridized carbons (Fsp3) is 0.667. The van der Waals surface area contributed by atoms with Crippen molar-refractivity contribution in [3.8, 4) is 0 Å². The fourth-order valence-electron chi connectivity index (χ4n) is 1.30. The molecule has 0 aliphatic rings. The summed E-state index contributed by atoms with van der Waals surface area (Å²) in [4.78, 5) is 24.2. The van der Waals surface area contributed by atoms with Crippen LogP contribution in [0.1, 0.15) is 62.5 Å². The topological polar surface area (TPSA) is 87.1 Å². The van der Waals surface area contributed by atoms with Crippen molar-refractivity contribution in [3.05, 3.63) is 16.6 Å². The van der Waals surface area contributed by atoms with Crippen LogP contribution in [0, 0.1) is 16.0 Å². The summed E-state index contributed by atoms with van der Waals surface area (Å²) < 4.78 is 4.40. The summed E-state index contributed by atoms with van der Waals surface area (Å²) in [6.07, 6.45) is 0. The van der Waals surface area contributed by atoms with Crippen molar-refractivity contribution >= 4 is 11.6 Å². The van der Waals surface area contributed by atoms with Gasteiger partial charge in [-0.25, -0.2) is 0 Å². The first-order valence-electron chi connectivity index (χ1n) is 5.65. The van der Waals surface area contributed by atoms with E-state index in [1.165, 1.54) is 0 Å². The Bertz CT molecular complexity index is 489. The van der Waals surface area contributed by atoms with Gasteiger partial charge in [0.2, 0.25) is 11.6 Å². The summed E-state index contributed by atoms with van der Waals surface area (Å²) >= 11 is 0. The predicted molar refractivity (Wildman–Crippen MR) is 63.0 cm³/mol. The Labute approximate surface area is 105 Å². The number of hydrogen-bond donors (Lipinski definition) is 0. The highest BCUT2D eigenvalue weighted by atomic mass is 16.8. The zero-order valence-electron chi connectivity index (χ0n) is 11.5. The Kier molecular flexibility index (Phi) is 3.34. The van der Waals surface area contributed by atoms with E-state index in [1.807, 2.05) is 0 Å². The van der Waals surface area contributed by atoms with Crippen LogP contribution < -0.4 is 4.90 Å². The number of Topliss-reactive ketones (excluding diaryl/α,β-unsaturated/α-hetero) is 2. The van der Waals surface area contributed by atoms with Gasteiger partial charge in [0.05, 0.1) is 5.16 Å². The van der Waals surface area contributed by atoms with Gasteiger partial charge >= 0.3 is 0 Å². The first-order valence-corrected chi connectivity index (χ1v) is 5.65. The molecule has 0 bridgehead atoms. The van der Waals surface area contributed by atoms with Gasteiger partial charge in [-0.2, -0.15) is 0 Å². The molecule has 0 aliphatic carbocycles. The second-order valence-corrected chi connectivity index (χ2v) is 6.29. The Hall–Kier alpha value is -1.72. The number of carbonyl (C=O) groups is 2. The van der Waals surface area contributed by atoms with Crippen molar-refractivity contribution in [2.75, 3.05) is 0 Å². The third kappa shape index (κ3) is 2.57. The summed E-state index contributed by atoms with van der Waals surface area (Å²) in [5, 5.41) is 14.9. The average molecular weight is 254 g/mol. The van der Waals surface area contributed by atoms with E-state index in [2.05, 4.69) is 9.79 Å². The average Bonchev–Trinajstić information content (AvgIpc) is 2.54. The van der Waals surface area contributed by atoms with Gasteiger partial charge in [-0.05, 0) is 4.90 Å². The Morgan fingerprint density at radius 3 is 1.89 bits per heavy atom. The molecule has 6 nitrogen and oxygen atoms in total. The molecule has 0 N–H and O–H groups in total. The quantitative estimate of drug-likeness (QED) is 0.592. The molecule has 0 fully saturated rings. The zero-order valence-corrected chi connectivity index (χ0v) is 11.5. The van der Waals surface area contributed by atoms with Crippen LogP contribution in [0.2, 0.25) is 0 Å². The molecule has 18 heavy (non-hydrogen) atoms. The minimum Gasteiger partial charge on any atom is -0.359 e. The van der Waals surface area contributed by atoms with Crippen LogP contribution in [-0.2, 0) is 0 Å². The molecule has 0 aliphatic heterocycles. The van der Waals surface area contributed by atoms with E-state index >= 15 is 0 Å². The molecule has 1 heterocycles. The molecule has 0 amide bonds. The van der Waals surface area contributed by atoms with Crippen LogP contribution in [-0.4, -0.2) is 16.7 Å². The normalized spacial score (nSPS) is 12.6. The van der Waals surface area contributed by atoms with Crippen molar-refractivity contribution in [1.29, 1.82) is 0 Å². The van der Waals surface area contributed by atoms with Crippen LogP contribution in [0.4, 0.5) is 0 Å². The highest BCUT2D eigenvalue weighted by Gasteiger charge is 2.40. The molecule has 0 atom stereocenters. The lowest BCUT2D eigenvalue weighted by Gasteiger charge is -2.16. The van der Waals surface area contributed by atoms with Gasteiger partial charge in [0.1, 0.15) is 0 Å². The molecule has 6 heteroatoms. The summed E-state index contributed by atoms with van der Waals surface area (Å²) in [6.45, 7) is 10.0. The number of aromatic nitrogens is 2. The SMILES string of the molecule is CC(C)(C)C(=O)c1no[n+]([O-])c1C(=O)C(C)(C)C. The third-order valence-electron chi connectivity index (χ3n) is 2.41. The summed E-state index contributed by atoms with van der Waals surface area (Å²) in [5.74, 6) is -0.861. The Morgan fingerprint density at radius 2 is 1.50 bits per heavy atom. The van der Waals surface area contributed by atoms with Crippen LogP contribution in [0.3, 0.4) is 0 Å². The van der Waals surface area contributed by atoms with Crippen molar-refractivity contribution in [2.24, 2.45) is 10.8 Å². The van der Waals surface area contributed by atoms with Gasteiger partial charge < -0.3 is 5.21 Å². The predicted octanol–water partition coefficient (Wildman–Crippen LogP) is 1.77. The first-order chi connectivity index (χ1) is 7.96. The van der Waals surface area contributed by atoms with Crippen molar-refractivity contribution in [1.82, 2.24) is 5.16 Å². The lowest BCUT2D eigenvalue weighted by atomic mass is 9.84. The van der Waals surface area contributed by atoms with E-state index in [1.54, 1.807) is 41.5 Å². The van der Waals surface area contributed by atoms with Crippen LogP contribution in [0.25, 0.3) is 0 Å². The monoisotopic (exact) mass is 254 g/mol. The van der Waals surface area contributed by atoms with E-state index in [-0.39, 0.29) is 16.3 Å². The standard InChI is InChI=1S/C12H18N2O4/c1-11(2,3)9(15)7-8(14(17)18-13-7)10(16)12(4,5)6/h1-6H3. The maximum absolute atomic E-state index is 12.1.